The molecule has 21 heavy (non-hydrogen) atoms. The van der Waals surface area contributed by atoms with Gasteiger partial charge in [-0.15, -0.1) is 0 Å². The molecule has 0 aromatic carbocycles. The number of rotatable bonds is 4. The highest BCUT2D eigenvalue weighted by atomic mass is 16.5. The van der Waals surface area contributed by atoms with E-state index in [0.29, 0.717) is 25.1 Å². The number of amides is 1. The van der Waals surface area contributed by atoms with Crippen LogP contribution >= 0.6 is 0 Å². The van der Waals surface area contributed by atoms with Crippen LogP contribution in [-0.2, 0) is 11.2 Å². The zero-order valence-electron chi connectivity index (χ0n) is 13.0. The molecule has 1 aromatic rings. The van der Waals surface area contributed by atoms with E-state index in [-0.39, 0.29) is 18.1 Å². The van der Waals surface area contributed by atoms with Crippen LogP contribution in [0, 0.1) is 6.92 Å². The number of likely N-dealkylation sites (tertiary alicyclic amines) is 1. The Bertz CT molecular complexity index is 506. The largest absolute Gasteiger partial charge is 0.381 e. The highest BCUT2D eigenvalue weighted by Crippen LogP contribution is 2.22. The molecule has 0 aliphatic carbocycles. The van der Waals surface area contributed by atoms with Gasteiger partial charge in [0, 0.05) is 26.2 Å². The Kier molecular flexibility index (Phi) is 5.25. The monoisotopic (exact) mass is 292 g/mol. The first-order valence-corrected chi connectivity index (χ1v) is 7.47. The van der Waals surface area contributed by atoms with Crippen molar-refractivity contribution < 1.29 is 9.53 Å². The van der Waals surface area contributed by atoms with Gasteiger partial charge in [-0.3, -0.25) is 4.79 Å². The molecule has 0 spiro atoms. The Morgan fingerprint density at radius 3 is 2.90 bits per heavy atom. The van der Waals surface area contributed by atoms with Gasteiger partial charge in [0.1, 0.15) is 0 Å². The van der Waals surface area contributed by atoms with Crippen LogP contribution < -0.4 is 5.73 Å². The van der Waals surface area contributed by atoms with Gasteiger partial charge in [0.25, 0.3) is 5.91 Å². The second-order valence-electron chi connectivity index (χ2n) is 5.47. The fourth-order valence-corrected chi connectivity index (χ4v) is 2.83. The van der Waals surface area contributed by atoms with Crippen molar-refractivity contribution >= 4 is 5.91 Å². The van der Waals surface area contributed by atoms with Gasteiger partial charge in [-0.25, -0.2) is 0 Å². The maximum atomic E-state index is 12.9. The van der Waals surface area contributed by atoms with E-state index < -0.39 is 0 Å². The summed E-state index contributed by atoms with van der Waals surface area (Å²) in [5.74, 6) is 0.00912. The van der Waals surface area contributed by atoms with Crippen molar-refractivity contribution in [2.75, 3.05) is 20.2 Å². The van der Waals surface area contributed by atoms with Gasteiger partial charge < -0.3 is 15.4 Å². The number of carbonyl (C=O) groups is 1. The molecular formula is C15H24N4O2. The van der Waals surface area contributed by atoms with E-state index in [2.05, 4.69) is 10.2 Å². The molecule has 1 aromatic heterocycles. The number of aromatic nitrogens is 2. The third-order valence-electron chi connectivity index (χ3n) is 4.09. The summed E-state index contributed by atoms with van der Waals surface area (Å²) in [4.78, 5) is 14.7. The predicted octanol–water partition coefficient (Wildman–Crippen LogP) is 0.926. The minimum atomic E-state index is 0.00912. The maximum Gasteiger partial charge on any atom is 0.256 e. The molecule has 1 saturated heterocycles. The number of methoxy groups -OCH3 is 1. The van der Waals surface area contributed by atoms with E-state index in [1.54, 1.807) is 7.11 Å². The summed E-state index contributed by atoms with van der Waals surface area (Å²) < 4.78 is 5.41. The first-order valence-electron chi connectivity index (χ1n) is 7.47. The molecule has 1 amide bonds. The van der Waals surface area contributed by atoms with Crippen molar-refractivity contribution in [2.24, 2.45) is 5.73 Å². The SMILES string of the molecule is CCc1nnc(C)cc1C(=O)N1CCC(OC)CC1CN. The lowest BCUT2D eigenvalue weighted by atomic mass is 9.97. The van der Waals surface area contributed by atoms with Crippen molar-refractivity contribution in [1.82, 2.24) is 15.1 Å². The van der Waals surface area contributed by atoms with Gasteiger partial charge in [-0.1, -0.05) is 6.92 Å². The summed E-state index contributed by atoms with van der Waals surface area (Å²) in [7, 11) is 1.71. The molecule has 0 radical (unpaired) electrons. The van der Waals surface area contributed by atoms with E-state index in [1.807, 2.05) is 24.8 Å². The van der Waals surface area contributed by atoms with E-state index in [1.165, 1.54) is 0 Å². The molecule has 0 saturated carbocycles. The molecule has 2 atom stereocenters. The van der Waals surface area contributed by atoms with Crippen LogP contribution in [0.4, 0.5) is 0 Å². The number of hydrogen-bond donors (Lipinski definition) is 1. The van der Waals surface area contributed by atoms with E-state index in [0.717, 1.165) is 24.2 Å². The molecule has 6 nitrogen and oxygen atoms in total. The van der Waals surface area contributed by atoms with Gasteiger partial charge in [-0.05, 0) is 32.3 Å². The third kappa shape index (κ3) is 3.39. The Labute approximate surface area is 125 Å². The smallest absolute Gasteiger partial charge is 0.256 e. The number of aryl methyl sites for hydroxylation is 2. The van der Waals surface area contributed by atoms with E-state index >= 15 is 0 Å². The first kappa shape index (κ1) is 15.9. The molecule has 2 rings (SSSR count). The molecular weight excluding hydrogens is 268 g/mol. The number of ether oxygens (including phenoxy) is 1. The zero-order valence-corrected chi connectivity index (χ0v) is 13.0. The van der Waals surface area contributed by atoms with E-state index in [4.69, 9.17) is 10.5 Å². The number of carbonyl (C=O) groups excluding carboxylic acids is 1. The summed E-state index contributed by atoms with van der Waals surface area (Å²) >= 11 is 0. The van der Waals surface area contributed by atoms with Gasteiger partial charge in [-0.2, -0.15) is 10.2 Å². The summed E-state index contributed by atoms with van der Waals surface area (Å²) in [5.41, 5.74) is 8.00. The first-order chi connectivity index (χ1) is 10.1. The normalized spacial score (nSPS) is 22.4. The van der Waals surface area contributed by atoms with Gasteiger partial charge in [0.05, 0.1) is 23.1 Å². The molecule has 2 unspecified atom stereocenters. The number of hydrogen-bond acceptors (Lipinski definition) is 5. The molecule has 1 fully saturated rings. The minimum absolute atomic E-state index is 0.00912. The molecule has 1 aliphatic rings. The standard InChI is InChI=1S/C15H24N4O2/c1-4-14-13(7-10(2)17-18-14)15(20)19-6-5-12(21-3)8-11(19)9-16/h7,11-12H,4-6,8-9,16H2,1-3H3. The van der Waals surface area contributed by atoms with Crippen LogP contribution in [0.2, 0.25) is 0 Å². The number of nitrogens with two attached hydrogens (primary N) is 1. The Balaban J connectivity index is 2.24. The lowest BCUT2D eigenvalue weighted by Gasteiger charge is -2.38. The fourth-order valence-electron chi connectivity index (χ4n) is 2.83. The number of piperidine rings is 1. The molecule has 0 bridgehead atoms. The molecule has 6 heteroatoms. The average molecular weight is 292 g/mol. The van der Waals surface area contributed by atoms with Gasteiger partial charge in [0.2, 0.25) is 0 Å². The summed E-state index contributed by atoms with van der Waals surface area (Å²) in [6, 6.07) is 1.85. The third-order valence-corrected chi connectivity index (χ3v) is 4.09. The molecule has 2 N–H and O–H groups in total. The average Bonchev–Trinajstić information content (AvgIpc) is 2.53. The minimum Gasteiger partial charge on any atom is -0.381 e. The topological polar surface area (TPSA) is 81.3 Å². The van der Waals surface area contributed by atoms with Crippen LogP contribution in [0.1, 0.15) is 41.5 Å². The Morgan fingerprint density at radius 2 is 2.29 bits per heavy atom. The highest BCUT2D eigenvalue weighted by molar-refractivity contribution is 5.95. The van der Waals surface area contributed by atoms with Crippen molar-refractivity contribution in [1.29, 1.82) is 0 Å². The van der Waals surface area contributed by atoms with Crippen LogP contribution in [0.15, 0.2) is 6.07 Å². The second kappa shape index (κ2) is 6.95. The van der Waals surface area contributed by atoms with Crippen molar-refractivity contribution in [3.05, 3.63) is 23.0 Å². The van der Waals surface area contributed by atoms with Crippen LogP contribution in [0.25, 0.3) is 0 Å². The lowest BCUT2D eigenvalue weighted by Crippen LogP contribution is -2.51. The Hall–Kier alpha value is -1.53. The summed E-state index contributed by atoms with van der Waals surface area (Å²) in [5, 5.41) is 8.18. The molecule has 1 aliphatic heterocycles. The van der Waals surface area contributed by atoms with Gasteiger partial charge >= 0.3 is 0 Å². The quantitative estimate of drug-likeness (QED) is 0.892. The van der Waals surface area contributed by atoms with Gasteiger partial charge in [0.15, 0.2) is 0 Å². The summed E-state index contributed by atoms with van der Waals surface area (Å²) in [6.45, 7) is 4.95. The second-order valence-corrected chi connectivity index (χ2v) is 5.47. The molecule has 2 heterocycles. The van der Waals surface area contributed by atoms with Crippen molar-refractivity contribution in [3.63, 3.8) is 0 Å². The van der Waals surface area contributed by atoms with Crippen molar-refractivity contribution in [2.45, 2.75) is 45.3 Å². The molecule has 116 valence electrons. The van der Waals surface area contributed by atoms with E-state index in [9.17, 15) is 4.79 Å². The number of nitrogens with zero attached hydrogens (tertiary/aromatic N) is 3. The zero-order chi connectivity index (χ0) is 15.4. The van der Waals surface area contributed by atoms with Crippen LogP contribution in [0.5, 0.6) is 0 Å². The lowest BCUT2D eigenvalue weighted by molar-refractivity contribution is 0.0138. The van der Waals surface area contributed by atoms with Crippen molar-refractivity contribution in [3.8, 4) is 0 Å². The predicted molar refractivity (Wildman–Crippen MR) is 80.1 cm³/mol. The Morgan fingerprint density at radius 1 is 1.52 bits per heavy atom. The summed E-state index contributed by atoms with van der Waals surface area (Å²) in [6.07, 6.45) is 2.51. The van der Waals surface area contributed by atoms with Crippen LogP contribution in [0.3, 0.4) is 0 Å². The maximum absolute atomic E-state index is 12.9. The van der Waals surface area contributed by atoms with Crippen LogP contribution in [-0.4, -0.2) is 53.3 Å². The fraction of sp³-hybridized carbons (Fsp3) is 0.667. The highest BCUT2D eigenvalue weighted by Gasteiger charge is 2.32.